The fourth-order valence-electron chi connectivity index (χ4n) is 3.48. The molecule has 0 aliphatic rings. The number of nitrogens with zero attached hydrogens (tertiary/aromatic N) is 2. The molecule has 0 saturated heterocycles. The van der Waals surface area contributed by atoms with Crippen molar-refractivity contribution in [1.82, 2.24) is 4.57 Å². The Labute approximate surface area is 187 Å². The SMILES string of the molecule is COc1ccc(-n2c(C)cc(/C=C(/C#N)C(=O)Nc3ccc(OC)c(OC)c3)c2C)cc1. The molecule has 0 bridgehead atoms. The lowest BCUT2D eigenvalue weighted by Gasteiger charge is -2.11. The molecule has 0 saturated carbocycles. The van der Waals surface area contributed by atoms with Gasteiger partial charge in [-0.1, -0.05) is 0 Å². The van der Waals surface area contributed by atoms with Crippen molar-refractivity contribution in [3.8, 4) is 29.0 Å². The van der Waals surface area contributed by atoms with Crippen molar-refractivity contribution < 1.29 is 19.0 Å². The van der Waals surface area contributed by atoms with Crippen LogP contribution in [-0.4, -0.2) is 31.8 Å². The molecule has 0 radical (unpaired) electrons. The number of nitriles is 1. The molecule has 32 heavy (non-hydrogen) atoms. The average Bonchev–Trinajstić information content (AvgIpc) is 3.09. The maximum atomic E-state index is 12.8. The molecule has 3 aromatic rings. The van der Waals surface area contributed by atoms with Crippen LogP contribution >= 0.6 is 0 Å². The number of aryl methyl sites for hydroxylation is 1. The standard InChI is InChI=1S/C25H25N3O4/c1-16-12-18(17(2)28(16)21-7-9-22(30-3)10-8-21)13-19(15-26)25(29)27-20-6-11-23(31-4)24(14-20)32-5/h6-14H,1-5H3,(H,27,29)/b19-13-. The number of carbonyl (C=O) groups excluding carboxylic acids is 1. The summed E-state index contributed by atoms with van der Waals surface area (Å²) in [7, 11) is 4.68. The van der Waals surface area contributed by atoms with E-state index >= 15 is 0 Å². The first-order valence-corrected chi connectivity index (χ1v) is 9.90. The minimum Gasteiger partial charge on any atom is -0.497 e. The molecule has 2 aromatic carbocycles. The van der Waals surface area contributed by atoms with E-state index in [4.69, 9.17) is 14.2 Å². The van der Waals surface area contributed by atoms with E-state index in [-0.39, 0.29) is 5.57 Å². The third-order valence-electron chi connectivity index (χ3n) is 5.11. The summed E-state index contributed by atoms with van der Waals surface area (Å²) >= 11 is 0. The zero-order valence-corrected chi connectivity index (χ0v) is 18.7. The monoisotopic (exact) mass is 431 g/mol. The predicted molar refractivity (Wildman–Crippen MR) is 124 cm³/mol. The fourth-order valence-corrected chi connectivity index (χ4v) is 3.48. The summed E-state index contributed by atoms with van der Waals surface area (Å²) in [6.45, 7) is 3.93. The van der Waals surface area contributed by atoms with Crippen molar-refractivity contribution in [2.45, 2.75) is 13.8 Å². The van der Waals surface area contributed by atoms with E-state index in [9.17, 15) is 10.1 Å². The second-order valence-electron chi connectivity index (χ2n) is 7.05. The zero-order valence-electron chi connectivity index (χ0n) is 18.7. The fraction of sp³-hybridized carbons (Fsp3) is 0.200. The Morgan fingerprint density at radius 3 is 2.25 bits per heavy atom. The van der Waals surface area contributed by atoms with Crippen molar-refractivity contribution in [3.63, 3.8) is 0 Å². The van der Waals surface area contributed by atoms with Crippen molar-refractivity contribution in [2.24, 2.45) is 0 Å². The molecule has 0 unspecified atom stereocenters. The van der Waals surface area contributed by atoms with Crippen LogP contribution in [-0.2, 0) is 4.79 Å². The lowest BCUT2D eigenvalue weighted by Crippen LogP contribution is -2.13. The zero-order chi connectivity index (χ0) is 23.3. The lowest BCUT2D eigenvalue weighted by molar-refractivity contribution is -0.112. The highest BCUT2D eigenvalue weighted by Crippen LogP contribution is 2.30. The summed E-state index contributed by atoms with van der Waals surface area (Å²) in [4.78, 5) is 12.8. The maximum absolute atomic E-state index is 12.8. The van der Waals surface area contributed by atoms with Gasteiger partial charge in [0, 0.05) is 28.8 Å². The number of aromatic nitrogens is 1. The molecule has 0 aliphatic heterocycles. The summed E-state index contributed by atoms with van der Waals surface area (Å²) in [6, 6.07) is 16.7. The first-order valence-electron chi connectivity index (χ1n) is 9.90. The minimum atomic E-state index is -0.506. The molecule has 7 heteroatoms. The topological polar surface area (TPSA) is 85.5 Å². The molecule has 7 nitrogen and oxygen atoms in total. The summed E-state index contributed by atoms with van der Waals surface area (Å²) in [6.07, 6.45) is 1.60. The van der Waals surface area contributed by atoms with E-state index in [1.807, 2.05) is 50.2 Å². The Bertz CT molecular complexity index is 1200. The Balaban J connectivity index is 1.89. The Hall–Kier alpha value is -4.18. The quantitative estimate of drug-likeness (QED) is 0.434. The lowest BCUT2D eigenvalue weighted by atomic mass is 10.1. The first-order chi connectivity index (χ1) is 15.4. The molecule has 1 heterocycles. The van der Waals surface area contributed by atoms with Crippen LogP contribution in [0.2, 0.25) is 0 Å². The van der Waals surface area contributed by atoms with Crippen LogP contribution in [0.5, 0.6) is 17.2 Å². The van der Waals surface area contributed by atoms with Gasteiger partial charge in [-0.25, -0.2) is 0 Å². The van der Waals surface area contributed by atoms with Gasteiger partial charge >= 0.3 is 0 Å². The first kappa shape index (κ1) is 22.5. The van der Waals surface area contributed by atoms with Crippen LogP contribution in [0.4, 0.5) is 5.69 Å². The van der Waals surface area contributed by atoms with Crippen LogP contribution in [0.1, 0.15) is 17.0 Å². The average molecular weight is 431 g/mol. The van der Waals surface area contributed by atoms with Crippen LogP contribution < -0.4 is 19.5 Å². The smallest absolute Gasteiger partial charge is 0.266 e. The van der Waals surface area contributed by atoms with E-state index < -0.39 is 5.91 Å². The molecule has 1 N–H and O–H groups in total. The van der Waals surface area contributed by atoms with Crippen molar-refractivity contribution >= 4 is 17.7 Å². The number of carbonyl (C=O) groups is 1. The van der Waals surface area contributed by atoms with Gasteiger partial charge in [0.2, 0.25) is 0 Å². The van der Waals surface area contributed by atoms with Gasteiger partial charge in [0.25, 0.3) is 5.91 Å². The summed E-state index contributed by atoms with van der Waals surface area (Å²) in [5.74, 6) is 1.30. The molecule has 1 aromatic heterocycles. The summed E-state index contributed by atoms with van der Waals surface area (Å²) in [5.41, 5.74) is 4.15. The summed E-state index contributed by atoms with van der Waals surface area (Å²) < 4.78 is 17.8. The Kier molecular flexibility index (Phi) is 6.86. The number of nitrogens with one attached hydrogen (secondary N) is 1. The summed E-state index contributed by atoms with van der Waals surface area (Å²) in [5, 5.41) is 12.4. The number of benzene rings is 2. The number of rotatable bonds is 7. The highest BCUT2D eigenvalue weighted by atomic mass is 16.5. The van der Waals surface area contributed by atoms with Gasteiger partial charge in [-0.15, -0.1) is 0 Å². The van der Waals surface area contributed by atoms with Gasteiger partial charge in [0.05, 0.1) is 21.3 Å². The van der Waals surface area contributed by atoms with Gasteiger partial charge in [-0.05, 0) is 68.0 Å². The number of amides is 1. The van der Waals surface area contributed by atoms with E-state index in [2.05, 4.69) is 9.88 Å². The van der Waals surface area contributed by atoms with Crippen LogP contribution in [0.25, 0.3) is 11.8 Å². The number of hydrogen-bond acceptors (Lipinski definition) is 5. The normalized spacial score (nSPS) is 10.9. The molecule has 0 fully saturated rings. The Morgan fingerprint density at radius 1 is 0.969 bits per heavy atom. The highest BCUT2D eigenvalue weighted by Gasteiger charge is 2.15. The molecule has 0 spiro atoms. The largest absolute Gasteiger partial charge is 0.497 e. The number of anilines is 1. The maximum Gasteiger partial charge on any atom is 0.266 e. The number of ether oxygens (including phenoxy) is 3. The second kappa shape index (κ2) is 9.75. The third-order valence-corrected chi connectivity index (χ3v) is 5.11. The number of methoxy groups -OCH3 is 3. The van der Waals surface area contributed by atoms with Crippen molar-refractivity contribution in [2.75, 3.05) is 26.6 Å². The van der Waals surface area contributed by atoms with Crippen molar-refractivity contribution in [1.29, 1.82) is 5.26 Å². The van der Waals surface area contributed by atoms with E-state index in [1.165, 1.54) is 14.2 Å². The highest BCUT2D eigenvalue weighted by molar-refractivity contribution is 6.09. The van der Waals surface area contributed by atoms with Gasteiger partial charge in [-0.3, -0.25) is 4.79 Å². The van der Waals surface area contributed by atoms with E-state index in [0.717, 1.165) is 28.4 Å². The van der Waals surface area contributed by atoms with Gasteiger partial charge in [-0.2, -0.15) is 5.26 Å². The van der Waals surface area contributed by atoms with Gasteiger partial charge < -0.3 is 24.1 Å². The van der Waals surface area contributed by atoms with Gasteiger partial charge in [0.1, 0.15) is 17.4 Å². The molecule has 0 atom stereocenters. The molecule has 3 rings (SSSR count). The molecule has 1 amide bonds. The van der Waals surface area contributed by atoms with Crippen molar-refractivity contribution in [3.05, 3.63) is 71.1 Å². The minimum absolute atomic E-state index is 0.00485. The Morgan fingerprint density at radius 2 is 1.66 bits per heavy atom. The van der Waals surface area contributed by atoms with Crippen LogP contribution in [0.15, 0.2) is 54.1 Å². The van der Waals surface area contributed by atoms with Gasteiger partial charge in [0.15, 0.2) is 11.5 Å². The number of hydrogen-bond donors (Lipinski definition) is 1. The van der Waals surface area contributed by atoms with Crippen LogP contribution in [0, 0.1) is 25.2 Å². The second-order valence-corrected chi connectivity index (χ2v) is 7.05. The van der Waals surface area contributed by atoms with E-state index in [0.29, 0.717) is 17.2 Å². The molecule has 164 valence electrons. The third kappa shape index (κ3) is 4.60. The van der Waals surface area contributed by atoms with Crippen LogP contribution in [0.3, 0.4) is 0 Å². The predicted octanol–water partition coefficient (Wildman–Crippen LogP) is 4.67. The molecule has 0 aliphatic carbocycles. The molecular formula is C25H25N3O4. The molecular weight excluding hydrogens is 406 g/mol. The van der Waals surface area contributed by atoms with E-state index in [1.54, 1.807) is 31.4 Å².